The molecule has 1 atom stereocenters. The Morgan fingerprint density at radius 3 is 2.44 bits per heavy atom. The third-order valence-electron chi connectivity index (χ3n) is 4.91. The zero-order valence-electron chi connectivity index (χ0n) is 13.7. The molecule has 0 amide bonds. The van der Waals surface area contributed by atoms with Crippen molar-refractivity contribution < 1.29 is 10.0 Å². The summed E-state index contributed by atoms with van der Waals surface area (Å²) in [5.74, 6) is 0.0944. The molecule has 1 aliphatic carbocycles. The van der Waals surface area contributed by atoms with Crippen molar-refractivity contribution in [2.45, 2.75) is 25.3 Å². The summed E-state index contributed by atoms with van der Waals surface area (Å²) in [5.41, 5.74) is 0.379. The molecule has 1 aromatic rings. The molecule has 1 aromatic carbocycles. The van der Waals surface area contributed by atoms with Crippen LogP contribution in [0, 0.1) is 27.4 Å². The van der Waals surface area contributed by atoms with Crippen LogP contribution in [0.25, 0.3) is 0 Å². The van der Waals surface area contributed by atoms with Gasteiger partial charge >= 0.3 is 5.69 Å². The quantitative estimate of drug-likeness (QED) is 0.607. The summed E-state index contributed by atoms with van der Waals surface area (Å²) in [6.07, 6.45) is 3.26. The highest BCUT2D eigenvalue weighted by molar-refractivity contribution is 5.85. The van der Waals surface area contributed by atoms with Crippen molar-refractivity contribution in [3.8, 4) is 11.8 Å². The van der Waals surface area contributed by atoms with Crippen LogP contribution in [0.15, 0.2) is 12.1 Å². The van der Waals surface area contributed by atoms with Gasteiger partial charge in [0, 0.05) is 43.9 Å². The number of halogens is 2. The number of benzene rings is 1. The molecule has 2 aliphatic rings. The summed E-state index contributed by atoms with van der Waals surface area (Å²) in [6, 6.07) is 4.68. The average Bonchev–Trinajstić information content (AvgIpc) is 2.52. The molecule has 0 bridgehead atoms. The summed E-state index contributed by atoms with van der Waals surface area (Å²) >= 11 is 0. The molecule has 2 N–H and O–H groups in total. The Balaban J connectivity index is 0.00000156. The van der Waals surface area contributed by atoms with Gasteiger partial charge in [-0.2, -0.15) is 5.26 Å². The van der Waals surface area contributed by atoms with E-state index in [4.69, 9.17) is 0 Å². The Bertz CT molecular complexity index is 656. The van der Waals surface area contributed by atoms with Crippen LogP contribution >= 0.6 is 24.8 Å². The minimum Gasteiger partial charge on any atom is -0.502 e. The maximum atomic E-state index is 11.2. The summed E-state index contributed by atoms with van der Waals surface area (Å²) in [4.78, 5) is 12.9. The van der Waals surface area contributed by atoms with Crippen LogP contribution in [0.2, 0.25) is 0 Å². The molecule has 9 heteroatoms. The Hall–Kier alpha value is -1.59. The number of nitrogens with zero attached hydrogens (tertiary/aromatic N) is 3. The van der Waals surface area contributed by atoms with E-state index >= 15 is 0 Å². The lowest BCUT2D eigenvalue weighted by atomic mass is 9.75. The third-order valence-corrected chi connectivity index (χ3v) is 4.91. The van der Waals surface area contributed by atoms with E-state index in [0.29, 0.717) is 11.5 Å². The molecule has 3 rings (SSSR count). The number of nitriles is 1. The lowest BCUT2D eigenvalue weighted by molar-refractivity contribution is -0.386. The van der Waals surface area contributed by atoms with Crippen LogP contribution in [0.5, 0.6) is 5.75 Å². The van der Waals surface area contributed by atoms with Gasteiger partial charge in [-0.25, -0.2) is 0 Å². The van der Waals surface area contributed by atoms with E-state index in [1.54, 1.807) is 6.07 Å². The second-order valence-electron chi connectivity index (χ2n) is 6.22. The highest BCUT2D eigenvalue weighted by Crippen LogP contribution is 2.46. The van der Waals surface area contributed by atoms with E-state index in [0.717, 1.165) is 51.5 Å². The van der Waals surface area contributed by atoms with Crippen molar-refractivity contribution in [3.63, 3.8) is 0 Å². The Kier molecular flexibility index (Phi) is 7.90. The van der Waals surface area contributed by atoms with E-state index in [1.807, 2.05) is 6.07 Å². The number of nitrogens with one attached hydrogen (secondary N) is 1. The fourth-order valence-electron chi connectivity index (χ4n) is 3.53. The normalized spacial score (nSPS) is 18.8. The van der Waals surface area contributed by atoms with Gasteiger partial charge < -0.3 is 10.4 Å². The van der Waals surface area contributed by atoms with Crippen LogP contribution in [0.4, 0.5) is 5.69 Å². The Labute approximate surface area is 159 Å². The third kappa shape index (κ3) is 4.33. The lowest BCUT2D eigenvalue weighted by Gasteiger charge is -2.43. The molecule has 0 spiro atoms. The van der Waals surface area contributed by atoms with Gasteiger partial charge in [0.05, 0.1) is 16.6 Å². The first-order valence-corrected chi connectivity index (χ1v) is 7.98. The molecule has 1 heterocycles. The largest absolute Gasteiger partial charge is 0.502 e. The number of rotatable bonds is 4. The van der Waals surface area contributed by atoms with Crippen LogP contribution in [-0.4, -0.2) is 41.1 Å². The number of nitro groups is 1. The molecule has 138 valence electrons. The average molecular weight is 389 g/mol. The number of piperazine rings is 1. The first-order valence-electron chi connectivity index (χ1n) is 7.98. The minimum absolute atomic E-state index is 0. The van der Waals surface area contributed by atoms with Crippen molar-refractivity contribution in [2.24, 2.45) is 5.92 Å². The Morgan fingerprint density at radius 1 is 1.32 bits per heavy atom. The van der Waals surface area contributed by atoms with Crippen molar-refractivity contribution in [1.29, 1.82) is 5.26 Å². The van der Waals surface area contributed by atoms with Crippen molar-refractivity contribution >= 4 is 30.5 Å². The lowest BCUT2D eigenvalue weighted by Crippen LogP contribution is -2.47. The van der Waals surface area contributed by atoms with Crippen molar-refractivity contribution in [1.82, 2.24) is 10.2 Å². The topological polar surface area (TPSA) is 102 Å². The molecule has 0 radical (unpaired) electrons. The van der Waals surface area contributed by atoms with Gasteiger partial charge in [-0.1, -0.05) is 6.42 Å². The molecular formula is C16H22Cl2N4O3. The van der Waals surface area contributed by atoms with Gasteiger partial charge in [-0.3, -0.25) is 15.0 Å². The van der Waals surface area contributed by atoms with Gasteiger partial charge in [0.1, 0.15) is 0 Å². The standard InChI is InChI=1S/C16H20N4O3.2ClH/c17-10-11-8-13(16(21)14(9-11)20(22)23)15(12-2-1-3-12)19-6-4-18-5-7-19;;/h8-9,12,15,18,21H,1-7H2;2*1H/t15-;;/m0../s1. The predicted octanol–water partition coefficient (Wildman–Crippen LogP) is 2.76. The molecule has 1 saturated heterocycles. The van der Waals surface area contributed by atoms with Gasteiger partial charge in [-0.15, -0.1) is 24.8 Å². The molecule has 7 nitrogen and oxygen atoms in total. The SMILES string of the molecule is Cl.Cl.N#Cc1cc([C@H](C2CCC2)N2CCNCC2)c(O)c([N+](=O)[O-])c1. The van der Waals surface area contributed by atoms with Gasteiger partial charge in [0.15, 0.2) is 5.75 Å². The molecule has 1 saturated carbocycles. The van der Waals surface area contributed by atoms with Crippen molar-refractivity contribution in [3.05, 3.63) is 33.4 Å². The summed E-state index contributed by atoms with van der Waals surface area (Å²) in [6.45, 7) is 3.41. The van der Waals surface area contributed by atoms with Crippen LogP contribution in [0.3, 0.4) is 0 Å². The van der Waals surface area contributed by atoms with Crippen molar-refractivity contribution in [2.75, 3.05) is 26.2 Å². The first kappa shape index (κ1) is 21.5. The highest BCUT2D eigenvalue weighted by Gasteiger charge is 2.37. The molecule has 25 heavy (non-hydrogen) atoms. The molecule has 0 unspecified atom stereocenters. The second kappa shape index (κ2) is 9.20. The molecule has 2 fully saturated rings. The minimum atomic E-state index is -0.616. The zero-order valence-corrected chi connectivity index (χ0v) is 15.3. The first-order chi connectivity index (χ1) is 11.1. The van der Waals surface area contributed by atoms with Crippen LogP contribution in [0.1, 0.15) is 36.4 Å². The van der Waals surface area contributed by atoms with Gasteiger partial charge in [-0.05, 0) is 24.8 Å². The summed E-state index contributed by atoms with van der Waals surface area (Å²) in [5, 5.41) is 34.1. The van der Waals surface area contributed by atoms with E-state index < -0.39 is 4.92 Å². The van der Waals surface area contributed by atoms with Gasteiger partial charge in [0.2, 0.25) is 0 Å². The summed E-state index contributed by atoms with van der Waals surface area (Å²) in [7, 11) is 0. The van der Waals surface area contributed by atoms with E-state index in [9.17, 15) is 20.5 Å². The maximum Gasteiger partial charge on any atom is 0.312 e. The summed E-state index contributed by atoms with van der Waals surface area (Å²) < 4.78 is 0. The monoisotopic (exact) mass is 388 g/mol. The second-order valence-corrected chi connectivity index (χ2v) is 6.22. The van der Waals surface area contributed by atoms with E-state index in [2.05, 4.69) is 10.2 Å². The number of phenolic OH excluding ortho intramolecular Hbond substituents is 1. The van der Waals surface area contributed by atoms with E-state index in [-0.39, 0.29) is 47.9 Å². The maximum absolute atomic E-state index is 11.2. The predicted molar refractivity (Wildman–Crippen MR) is 98.5 cm³/mol. The van der Waals surface area contributed by atoms with Crippen LogP contribution < -0.4 is 5.32 Å². The van der Waals surface area contributed by atoms with Gasteiger partial charge in [0.25, 0.3) is 0 Å². The fourth-order valence-corrected chi connectivity index (χ4v) is 3.53. The Morgan fingerprint density at radius 2 is 1.96 bits per heavy atom. The smallest absolute Gasteiger partial charge is 0.312 e. The number of nitro benzene ring substituents is 1. The van der Waals surface area contributed by atoms with Crippen LogP contribution in [-0.2, 0) is 0 Å². The number of hydrogen-bond acceptors (Lipinski definition) is 6. The molecule has 0 aromatic heterocycles. The molecular weight excluding hydrogens is 367 g/mol. The zero-order chi connectivity index (χ0) is 16.4. The number of phenols is 1. The number of aromatic hydroxyl groups is 1. The fraction of sp³-hybridized carbons (Fsp3) is 0.562. The molecule has 1 aliphatic heterocycles. The number of hydrogen-bond donors (Lipinski definition) is 2. The van der Waals surface area contributed by atoms with E-state index in [1.165, 1.54) is 0 Å². The highest BCUT2D eigenvalue weighted by atomic mass is 35.5.